The van der Waals surface area contributed by atoms with Crippen LogP contribution >= 0.6 is 12.6 Å². The normalized spacial score (nSPS) is 10.8. The molecule has 0 heterocycles. The molecule has 0 aliphatic rings. The summed E-state index contributed by atoms with van der Waals surface area (Å²) in [5.74, 6) is 5.90. The molecule has 0 fully saturated rings. The van der Waals surface area contributed by atoms with Crippen molar-refractivity contribution in [1.82, 2.24) is 0 Å². The van der Waals surface area contributed by atoms with Crippen molar-refractivity contribution in [2.75, 3.05) is 11.5 Å². The summed E-state index contributed by atoms with van der Waals surface area (Å²) in [7, 11) is 0. The van der Waals surface area contributed by atoms with Gasteiger partial charge in [-0.25, -0.2) is 0 Å². The Labute approximate surface area is 97.2 Å². The first kappa shape index (κ1) is 12.8. The van der Waals surface area contributed by atoms with E-state index in [2.05, 4.69) is 24.5 Å². The summed E-state index contributed by atoms with van der Waals surface area (Å²) in [4.78, 5) is 0. The van der Waals surface area contributed by atoms with Crippen molar-refractivity contribution >= 4 is 18.3 Å². The van der Waals surface area contributed by atoms with Gasteiger partial charge in [-0.2, -0.15) is 25.8 Å². The topological polar surface area (TPSA) is 26.0 Å². The summed E-state index contributed by atoms with van der Waals surface area (Å²) >= 11 is 3.95. The zero-order valence-electron chi connectivity index (χ0n) is 8.30. The van der Waals surface area contributed by atoms with Crippen LogP contribution in [0, 0.1) is 11.8 Å². The molecule has 0 bridgehead atoms. The maximum absolute atomic E-state index is 12.4. The molecule has 0 aliphatic carbocycles. The molecule has 0 saturated heterocycles. The fourth-order valence-corrected chi connectivity index (χ4v) is 1.22. The molecule has 1 aromatic rings. The van der Waals surface area contributed by atoms with Crippen LogP contribution in [0.5, 0.6) is 0 Å². The lowest BCUT2D eigenvalue weighted by atomic mass is 10.1. The van der Waals surface area contributed by atoms with E-state index in [0.717, 1.165) is 12.1 Å². The van der Waals surface area contributed by atoms with E-state index in [0.29, 0.717) is 12.2 Å². The largest absolute Gasteiger partial charge is 0.416 e. The van der Waals surface area contributed by atoms with E-state index in [1.165, 1.54) is 6.07 Å². The number of rotatable bonds is 1. The third kappa shape index (κ3) is 3.70. The number of nitrogens with two attached hydrogens (primary N) is 1. The summed E-state index contributed by atoms with van der Waals surface area (Å²) in [6.07, 6.45) is -3.87. The molecule has 0 aromatic heterocycles. The van der Waals surface area contributed by atoms with Crippen LogP contribution in [-0.2, 0) is 6.18 Å². The zero-order valence-corrected chi connectivity index (χ0v) is 9.20. The molecule has 16 heavy (non-hydrogen) atoms. The highest BCUT2D eigenvalue weighted by molar-refractivity contribution is 7.80. The number of hydrogen-bond acceptors (Lipinski definition) is 2. The van der Waals surface area contributed by atoms with E-state index in [1.54, 1.807) is 0 Å². The van der Waals surface area contributed by atoms with Gasteiger partial charge in [-0.05, 0) is 18.2 Å². The van der Waals surface area contributed by atoms with Gasteiger partial charge in [0.05, 0.1) is 5.56 Å². The Morgan fingerprint density at radius 1 is 1.25 bits per heavy atom. The fraction of sp³-hybridized carbons (Fsp3) is 0.273. The molecule has 2 N–H and O–H groups in total. The average molecular weight is 245 g/mol. The Kier molecular flexibility index (Phi) is 4.13. The highest BCUT2D eigenvalue weighted by Crippen LogP contribution is 2.31. The standard InChI is InChI=1S/C11H10F3NS/c12-11(13,14)9-5-8(3-1-2-4-16)6-10(15)7-9/h5-7,16H,2,4,15H2. The van der Waals surface area contributed by atoms with Gasteiger partial charge in [0.2, 0.25) is 0 Å². The molecule has 0 atom stereocenters. The van der Waals surface area contributed by atoms with E-state index >= 15 is 0 Å². The number of thiol groups is 1. The fourth-order valence-electron chi connectivity index (χ4n) is 1.11. The monoisotopic (exact) mass is 245 g/mol. The van der Waals surface area contributed by atoms with Crippen LogP contribution < -0.4 is 5.73 Å². The molecule has 1 aromatic carbocycles. The van der Waals surface area contributed by atoms with Crippen molar-refractivity contribution in [3.63, 3.8) is 0 Å². The lowest BCUT2D eigenvalue weighted by molar-refractivity contribution is -0.137. The van der Waals surface area contributed by atoms with Crippen LogP contribution in [0.15, 0.2) is 18.2 Å². The van der Waals surface area contributed by atoms with Gasteiger partial charge >= 0.3 is 6.18 Å². The van der Waals surface area contributed by atoms with Crippen LogP contribution in [0.1, 0.15) is 17.5 Å². The van der Waals surface area contributed by atoms with E-state index in [9.17, 15) is 13.2 Å². The molecule has 0 aliphatic heterocycles. The van der Waals surface area contributed by atoms with E-state index in [4.69, 9.17) is 5.73 Å². The van der Waals surface area contributed by atoms with Gasteiger partial charge in [-0.15, -0.1) is 0 Å². The van der Waals surface area contributed by atoms with Crippen LogP contribution in [0.25, 0.3) is 0 Å². The Balaban J connectivity index is 3.05. The van der Waals surface area contributed by atoms with Crippen molar-refractivity contribution in [3.05, 3.63) is 29.3 Å². The van der Waals surface area contributed by atoms with E-state index in [-0.39, 0.29) is 11.3 Å². The van der Waals surface area contributed by atoms with Gasteiger partial charge in [0.15, 0.2) is 0 Å². The van der Waals surface area contributed by atoms with Gasteiger partial charge in [-0.3, -0.25) is 0 Å². The van der Waals surface area contributed by atoms with Gasteiger partial charge in [0.25, 0.3) is 0 Å². The average Bonchev–Trinajstić information content (AvgIpc) is 2.16. The third-order valence-corrected chi connectivity index (χ3v) is 1.98. The maximum Gasteiger partial charge on any atom is 0.416 e. The number of anilines is 1. The van der Waals surface area contributed by atoms with Crippen LogP contribution in [-0.4, -0.2) is 5.75 Å². The van der Waals surface area contributed by atoms with E-state index < -0.39 is 11.7 Å². The minimum atomic E-state index is -4.39. The predicted molar refractivity (Wildman–Crippen MR) is 61.2 cm³/mol. The Morgan fingerprint density at radius 2 is 1.94 bits per heavy atom. The summed E-state index contributed by atoms with van der Waals surface area (Å²) in [5, 5.41) is 0. The minimum Gasteiger partial charge on any atom is -0.399 e. The van der Waals surface area contributed by atoms with Gasteiger partial charge in [0.1, 0.15) is 0 Å². The number of alkyl halides is 3. The van der Waals surface area contributed by atoms with Crippen LogP contribution in [0.3, 0.4) is 0 Å². The molecular formula is C11H10F3NS. The summed E-state index contributed by atoms with van der Waals surface area (Å²) < 4.78 is 37.3. The first-order chi connectivity index (χ1) is 7.43. The van der Waals surface area contributed by atoms with Crippen molar-refractivity contribution in [1.29, 1.82) is 0 Å². The highest BCUT2D eigenvalue weighted by atomic mass is 32.1. The second-order valence-corrected chi connectivity index (χ2v) is 3.56. The summed E-state index contributed by atoms with van der Waals surface area (Å²) in [6.45, 7) is 0. The lowest BCUT2D eigenvalue weighted by Gasteiger charge is -2.07. The Hall–Kier alpha value is -1.28. The van der Waals surface area contributed by atoms with Crippen LogP contribution in [0.4, 0.5) is 18.9 Å². The zero-order chi connectivity index (χ0) is 12.2. The second-order valence-electron chi connectivity index (χ2n) is 3.12. The number of halogens is 3. The van der Waals surface area contributed by atoms with E-state index in [1.807, 2.05) is 0 Å². The number of nitrogen functional groups attached to an aromatic ring is 1. The molecular weight excluding hydrogens is 235 g/mol. The molecule has 0 spiro atoms. The molecule has 0 amide bonds. The lowest BCUT2D eigenvalue weighted by Crippen LogP contribution is -2.06. The highest BCUT2D eigenvalue weighted by Gasteiger charge is 2.30. The third-order valence-electron chi connectivity index (χ3n) is 1.75. The molecule has 0 radical (unpaired) electrons. The van der Waals surface area contributed by atoms with Crippen molar-refractivity contribution < 1.29 is 13.2 Å². The second kappa shape index (κ2) is 5.17. The first-order valence-corrected chi connectivity index (χ1v) is 5.14. The Morgan fingerprint density at radius 3 is 2.50 bits per heavy atom. The number of benzene rings is 1. The van der Waals surface area contributed by atoms with Crippen molar-refractivity contribution in [2.45, 2.75) is 12.6 Å². The molecule has 0 saturated carbocycles. The quantitative estimate of drug-likeness (QED) is 0.444. The summed E-state index contributed by atoms with van der Waals surface area (Å²) in [6, 6.07) is 3.30. The van der Waals surface area contributed by atoms with Crippen molar-refractivity contribution in [2.24, 2.45) is 0 Å². The minimum absolute atomic E-state index is 0.0602. The maximum atomic E-state index is 12.4. The van der Waals surface area contributed by atoms with Crippen LogP contribution in [0.2, 0.25) is 0 Å². The van der Waals surface area contributed by atoms with Gasteiger partial charge in [-0.1, -0.05) is 11.8 Å². The molecule has 5 heteroatoms. The van der Waals surface area contributed by atoms with Gasteiger partial charge < -0.3 is 5.73 Å². The SMILES string of the molecule is Nc1cc(C#CCCS)cc(C(F)(F)F)c1. The molecule has 0 unspecified atom stereocenters. The Bertz CT molecular complexity index is 429. The number of hydrogen-bond donors (Lipinski definition) is 2. The predicted octanol–water partition coefficient (Wildman–Crippen LogP) is 2.96. The molecule has 1 nitrogen and oxygen atoms in total. The van der Waals surface area contributed by atoms with Gasteiger partial charge in [0, 0.05) is 23.4 Å². The molecule has 1 rings (SSSR count). The summed E-state index contributed by atoms with van der Waals surface area (Å²) in [5.41, 5.74) is 4.93. The first-order valence-electron chi connectivity index (χ1n) is 4.51. The molecule has 86 valence electrons. The van der Waals surface area contributed by atoms with Crippen molar-refractivity contribution in [3.8, 4) is 11.8 Å². The smallest absolute Gasteiger partial charge is 0.399 e.